The number of rotatable bonds is 4. The Morgan fingerprint density at radius 2 is 2.05 bits per heavy atom. The minimum absolute atomic E-state index is 0.144. The third kappa shape index (κ3) is 4.56. The number of nitrogens with one attached hydrogen (secondary N) is 1. The van der Waals surface area contributed by atoms with Crippen LogP contribution in [0.1, 0.15) is 39.2 Å². The van der Waals surface area contributed by atoms with Crippen molar-refractivity contribution in [3.8, 4) is 0 Å². The van der Waals surface area contributed by atoms with Gasteiger partial charge in [0.1, 0.15) is 18.4 Å². The smallest absolute Gasteiger partial charge is 0.408 e. The van der Waals surface area contributed by atoms with Crippen LogP contribution in [0.4, 0.5) is 4.79 Å². The van der Waals surface area contributed by atoms with Crippen LogP contribution in [0.25, 0.3) is 0 Å². The fraction of sp³-hybridized carbons (Fsp3) is 0.529. The summed E-state index contributed by atoms with van der Waals surface area (Å²) in [5.74, 6) is 0. The van der Waals surface area contributed by atoms with Gasteiger partial charge < -0.3 is 15.2 Å². The van der Waals surface area contributed by atoms with Gasteiger partial charge in [-0.25, -0.2) is 9.37 Å². The first-order valence-electron chi connectivity index (χ1n) is 7.62. The summed E-state index contributed by atoms with van der Waals surface area (Å²) in [6.45, 7) is 6.20. The van der Waals surface area contributed by atoms with Gasteiger partial charge in [-0.3, -0.25) is 0 Å². The van der Waals surface area contributed by atoms with E-state index in [9.17, 15) is 9.90 Å². The Hall–Kier alpha value is -1.88. The average molecular weight is 305 g/mol. The van der Waals surface area contributed by atoms with Crippen LogP contribution in [-0.2, 0) is 11.3 Å². The van der Waals surface area contributed by atoms with Gasteiger partial charge in [0.25, 0.3) is 5.72 Å². The van der Waals surface area contributed by atoms with Gasteiger partial charge in [-0.2, -0.15) is 0 Å². The molecule has 1 heterocycles. The lowest BCUT2D eigenvalue weighted by molar-refractivity contribution is -0.657. The van der Waals surface area contributed by atoms with E-state index in [4.69, 9.17) is 4.74 Å². The normalized spacial score (nSPS) is 21.4. The van der Waals surface area contributed by atoms with E-state index < -0.39 is 17.4 Å². The van der Waals surface area contributed by atoms with Crippen molar-refractivity contribution in [2.75, 3.05) is 6.54 Å². The molecule has 2 N–H and O–H groups in total. The second-order valence-electron chi connectivity index (χ2n) is 6.67. The molecular formula is C17H25N2O3+. The number of amides is 1. The van der Waals surface area contributed by atoms with Gasteiger partial charge in [-0.15, -0.1) is 0 Å². The van der Waals surface area contributed by atoms with Crippen LogP contribution in [0.15, 0.2) is 30.3 Å². The van der Waals surface area contributed by atoms with E-state index in [1.165, 1.54) is 0 Å². The highest BCUT2D eigenvalue weighted by molar-refractivity contribution is 5.67. The Morgan fingerprint density at radius 3 is 2.68 bits per heavy atom. The number of alkyl carbamates (subject to hydrolysis) is 1. The van der Waals surface area contributed by atoms with E-state index in [-0.39, 0.29) is 6.54 Å². The zero-order valence-electron chi connectivity index (χ0n) is 13.5. The van der Waals surface area contributed by atoms with Crippen molar-refractivity contribution in [2.45, 2.75) is 51.5 Å². The van der Waals surface area contributed by atoms with Crippen molar-refractivity contribution in [1.82, 2.24) is 5.32 Å². The lowest BCUT2D eigenvalue weighted by Gasteiger charge is -2.24. The molecule has 0 saturated heterocycles. The largest absolute Gasteiger partial charge is 0.444 e. The maximum absolute atomic E-state index is 11.7. The molecule has 1 amide bonds. The molecule has 1 aliphatic rings. The highest BCUT2D eigenvalue weighted by Crippen LogP contribution is 2.21. The molecule has 1 atom stereocenters. The first-order chi connectivity index (χ1) is 10.3. The van der Waals surface area contributed by atoms with Gasteiger partial charge >= 0.3 is 6.09 Å². The van der Waals surface area contributed by atoms with Crippen LogP contribution in [-0.4, -0.2) is 39.9 Å². The minimum atomic E-state index is -1.06. The first-order valence-corrected chi connectivity index (χ1v) is 7.62. The van der Waals surface area contributed by atoms with Crippen LogP contribution < -0.4 is 5.32 Å². The maximum atomic E-state index is 11.7. The molecule has 0 fully saturated rings. The Morgan fingerprint density at radius 1 is 1.36 bits per heavy atom. The molecule has 0 saturated carbocycles. The fourth-order valence-electron chi connectivity index (χ4n) is 2.47. The highest BCUT2D eigenvalue weighted by atomic mass is 16.6. The van der Waals surface area contributed by atoms with Gasteiger partial charge in [-0.05, 0) is 20.8 Å². The van der Waals surface area contributed by atoms with E-state index in [0.29, 0.717) is 13.0 Å². The molecule has 22 heavy (non-hydrogen) atoms. The van der Waals surface area contributed by atoms with Crippen molar-refractivity contribution in [3.63, 3.8) is 0 Å². The molecule has 0 aliphatic carbocycles. The summed E-state index contributed by atoms with van der Waals surface area (Å²) >= 11 is 0. The quantitative estimate of drug-likeness (QED) is 0.839. The topological polar surface area (TPSA) is 61.6 Å². The second-order valence-corrected chi connectivity index (χ2v) is 6.67. The SMILES string of the molecule is CC(C)(C)OC(=O)NCC1(O)CCC=[N+]1Cc1ccccc1. The van der Waals surface area contributed by atoms with Crippen molar-refractivity contribution in [3.05, 3.63) is 35.9 Å². The summed E-state index contributed by atoms with van der Waals surface area (Å²) in [4.78, 5) is 11.7. The number of nitrogens with zero attached hydrogens (tertiary/aromatic N) is 1. The van der Waals surface area contributed by atoms with Crippen molar-refractivity contribution >= 4 is 12.3 Å². The van der Waals surface area contributed by atoms with Gasteiger partial charge in [0.05, 0.1) is 6.42 Å². The first kappa shape index (κ1) is 16.5. The van der Waals surface area contributed by atoms with E-state index >= 15 is 0 Å². The molecule has 120 valence electrons. The van der Waals surface area contributed by atoms with Crippen molar-refractivity contribution < 1.29 is 19.2 Å². The van der Waals surface area contributed by atoms with Crippen LogP contribution in [0.2, 0.25) is 0 Å². The van der Waals surface area contributed by atoms with Crippen molar-refractivity contribution in [2.24, 2.45) is 0 Å². The zero-order valence-corrected chi connectivity index (χ0v) is 13.5. The van der Waals surface area contributed by atoms with E-state index in [0.717, 1.165) is 12.0 Å². The zero-order chi connectivity index (χ0) is 16.2. The third-order valence-electron chi connectivity index (χ3n) is 3.54. The fourth-order valence-corrected chi connectivity index (χ4v) is 2.47. The Balaban J connectivity index is 1.94. The van der Waals surface area contributed by atoms with Gasteiger partial charge in [0, 0.05) is 12.0 Å². The molecule has 1 aliphatic heterocycles. The van der Waals surface area contributed by atoms with Crippen LogP contribution >= 0.6 is 0 Å². The number of hydrogen-bond acceptors (Lipinski definition) is 3. The molecule has 0 radical (unpaired) electrons. The standard InChI is InChI=1S/C17H24N2O3/c1-16(2,3)22-15(20)18-13-17(21)10-7-11-19(17)12-14-8-5-4-6-9-14/h4-6,8-9,11,21H,7,10,12-13H2,1-3H3/p+1. The predicted molar refractivity (Wildman–Crippen MR) is 84.9 cm³/mol. The molecular weight excluding hydrogens is 280 g/mol. The molecule has 2 rings (SSSR count). The number of carbonyl (C=O) groups excluding carboxylic acids is 1. The van der Waals surface area contributed by atoms with E-state index in [1.54, 1.807) is 0 Å². The minimum Gasteiger partial charge on any atom is -0.444 e. The maximum Gasteiger partial charge on any atom is 0.408 e. The third-order valence-corrected chi connectivity index (χ3v) is 3.54. The van der Waals surface area contributed by atoms with E-state index in [2.05, 4.69) is 5.32 Å². The molecule has 0 spiro atoms. The molecule has 0 bridgehead atoms. The van der Waals surface area contributed by atoms with Gasteiger partial charge in [0.15, 0.2) is 6.54 Å². The molecule has 1 aromatic rings. The molecule has 1 aromatic carbocycles. The van der Waals surface area contributed by atoms with Crippen LogP contribution in [0.3, 0.4) is 0 Å². The molecule has 1 unspecified atom stereocenters. The number of hydrogen-bond donors (Lipinski definition) is 2. The Bertz CT molecular complexity index is 549. The second kappa shape index (κ2) is 6.48. The highest BCUT2D eigenvalue weighted by Gasteiger charge is 2.43. The summed E-state index contributed by atoms with van der Waals surface area (Å²) in [5.41, 5.74) is -0.485. The average Bonchev–Trinajstić information content (AvgIpc) is 2.78. The number of carbonyl (C=O) groups is 1. The number of aliphatic hydroxyl groups is 1. The lowest BCUT2D eigenvalue weighted by atomic mass is 10.1. The summed E-state index contributed by atoms with van der Waals surface area (Å²) in [7, 11) is 0. The van der Waals surface area contributed by atoms with E-state index in [1.807, 2.05) is 61.9 Å². The van der Waals surface area contributed by atoms with Crippen LogP contribution in [0.5, 0.6) is 0 Å². The predicted octanol–water partition coefficient (Wildman–Crippen LogP) is 2.28. The molecule has 5 heteroatoms. The summed E-state index contributed by atoms with van der Waals surface area (Å²) in [6, 6.07) is 9.96. The number of benzene rings is 1. The van der Waals surface area contributed by atoms with Crippen molar-refractivity contribution in [1.29, 1.82) is 0 Å². The summed E-state index contributed by atoms with van der Waals surface area (Å²) in [6.07, 6.45) is 2.87. The summed E-state index contributed by atoms with van der Waals surface area (Å²) < 4.78 is 7.09. The number of ether oxygens (including phenoxy) is 1. The molecule has 0 aromatic heterocycles. The lowest BCUT2D eigenvalue weighted by Crippen LogP contribution is -2.49. The summed E-state index contributed by atoms with van der Waals surface area (Å²) in [5, 5.41) is 13.4. The van der Waals surface area contributed by atoms with Crippen LogP contribution in [0, 0.1) is 0 Å². The van der Waals surface area contributed by atoms with Gasteiger partial charge in [-0.1, -0.05) is 30.3 Å². The monoisotopic (exact) mass is 305 g/mol. The molecule has 5 nitrogen and oxygen atoms in total. The Labute approximate surface area is 131 Å². The Kier molecular flexibility index (Phi) is 4.86. The van der Waals surface area contributed by atoms with Gasteiger partial charge in [0.2, 0.25) is 0 Å².